The van der Waals surface area contributed by atoms with E-state index in [4.69, 9.17) is 8.98 Å². The molecule has 0 fully saturated rings. The summed E-state index contributed by atoms with van der Waals surface area (Å²) in [6.07, 6.45) is -6.29. The lowest BCUT2D eigenvalue weighted by Gasteiger charge is -2.35. The van der Waals surface area contributed by atoms with Crippen LogP contribution in [-0.2, 0) is 24.1 Å². The van der Waals surface area contributed by atoms with Crippen molar-refractivity contribution in [3.63, 3.8) is 0 Å². The molecule has 1 N–H and O–H groups in total. The van der Waals surface area contributed by atoms with Gasteiger partial charge in [-0.1, -0.05) is 51.4 Å². The third kappa shape index (κ3) is 12.4. The van der Waals surface area contributed by atoms with Crippen molar-refractivity contribution in [3.05, 3.63) is 0 Å². The van der Waals surface area contributed by atoms with Gasteiger partial charge in [0.25, 0.3) is 10.1 Å². The molecule has 0 aliphatic rings. The molecule has 0 aliphatic carbocycles. The number of carbonyl (C=O) groups is 1. The minimum atomic E-state index is -6.29. The molecule has 198 valence electrons. The van der Waals surface area contributed by atoms with Crippen molar-refractivity contribution < 1.29 is 53.3 Å². The summed E-state index contributed by atoms with van der Waals surface area (Å²) < 4.78 is 118. The first-order chi connectivity index (χ1) is 14.9. The van der Waals surface area contributed by atoms with Crippen molar-refractivity contribution in [2.75, 3.05) is 12.9 Å². The SMILES string of the molecule is CO[Si](C)(C)CCCCCCCCCCCC(=O)OC(CS(=O)(=O)O)(C(F)(F)F)C(F)(F)F. The van der Waals surface area contributed by atoms with Crippen LogP contribution in [0.4, 0.5) is 26.3 Å². The number of hydrogen-bond donors (Lipinski definition) is 1. The van der Waals surface area contributed by atoms with Crippen LogP contribution in [0.5, 0.6) is 0 Å². The molecular weight excluding hydrogens is 498 g/mol. The lowest BCUT2D eigenvalue weighted by molar-refractivity contribution is -0.361. The van der Waals surface area contributed by atoms with E-state index in [0.29, 0.717) is 12.8 Å². The molecule has 0 aromatic carbocycles. The molecule has 0 radical (unpaired) electrons. The van der Waals surface area contributed by atoms with Crippen LogP contribution in [0, 0.1) is 0 Å². The Balaban J connectivity index is 4.38. The summed E-state index contributed by atoms with van der Waals surface area (Å²) in [6.45, 7) is 4.31. The van der Waals surface area contributed by atoms with E-state index in [1.807, 2.05) is 0 Å². The van der Waals surface area contributed by atoms with Crippen molar-refractivity contribution in [1.82, 2.24) is 0 Å². The van der Waals surface area contributed by atoms with Crippen LogP contribution >= 0.6 is 0 Å². The maximum absolute atomic E-state index is 13.1. The smallest absolute Gasteiger partial charge is 0.438 e. The normalized spacial score (nSPS) is 13.9. The second-order valence-electron chi connectivity index (χ2n) is 8.67. The van der Waals surface area contributed by atoms with Gasteiger partial charge in [0.15, 0.2) is 8.32 Å². The van der Waals surface area contributed by atoms with E-state index < -0.39 is 54.5 Å². The molecule has 33 heavy (non-hydrogen) atoms. The molecule has 0 unspecified atom stereocenters. The van der Waals surface area contributed by atoms with E-state index >= 15 is 0 Å². The van der Waals surface area contributed by atoms with Gasteiger partial charge in [0.05, 0.1) is 0 Å². The third-order valence-electron chi connectivity index (χ3n) is 5.30. The molecule has 0 spiro atoms. The quantitative estimate of drug-likeness (QED) is 0.0858. The highest BCUT2D eigenvalue weighted by molar-refractivity contribution is 7.85. The molecule has 14 heteroatoms. The summed E-state index contributed by atoms with van der Waals surface area (Å²) in [7, 11) is -5.57. The largest absolute Gasteiger partial charge is 0.438 e. The van der Waals surface area contributed by atoms with Crippen molar-refractivity contribution in [1.29, 1.82) is 0 Å². The number of hydrogen-bond acceptors (Lipinski definition) is 5. The molecule has 0 amide bonds. The van der Waals surface area contributed by atoms with Crippen LogP contribution in [0.2, 0.25) is 19.1 Å². The number of halogens is 6. The van der Waals surface area contributed by atoms with Gasteiger partial charge in [-0.05, 0) is 25.6 Å². The van der Waals surface area contributed by atoms with Crippen molar-refractivity contribution in [2.45, 2.75) is 101 Å². The van der Waals surface area contributed by atoms with Crippen molar-refractivity contribution >= 4 is 24.4 Å². The number of rotatable bonds is 16. The summed E-state index contributed by atoms with van der Waals surface area (Å²) in [5, 5.41) is 0. The van der Waals surface area contributed by atoms with Gasteiger partial charge in [0.1, 0.15) is 5.75 Å². The van der Waals surface area contributed by atoms with Crippen LogP contribution in [0.15, 0.2) is 0 Å². The lowest BCUT2D eigenvalue weighted by Crippen LogP contribution is -2.63. The first kappa shape index (κ1) is 32.1. The first-order valence-corrected chi connectivity index (χ1v) is 15.4. The molecule has 0 aromatic rings. The number of esters is 1. The maximum Gasteiger partial charge on any atom is 0.438 e. The predicted octanol–water partition coefficient (Wildman–Crippen LogP) is 6.03. The zero-order valence-electron chi connectivity index (χ0n) is 19.1. The van der Waals surface area contributed by atoms with Gasteiger partial charge < -0.3 is 9.16 Å². The Bertz CT molecular complexity index is 680. The molecule has 0 atom stereocenters. The average Bonchev–Trinajstić information content (AvgIpc) is 2.62. The van der Waals surface area contributed by atoms with Gasteiger partial charge in [-0.3, -0.25) is 9.35 Å². The zero-order valence-corrected chi connectivity index (χ0v) is 21.0. The van der Waals surface area contributed by atoms with E-state index in [1.54, 1.807) is 7.11 Å². The Morgan fingerprint density at radius 1 is 0.818 bits per heavy atom. The van der Waals surface area contributed by atoms with Crippen LogP contribution < -0.4 is 0 Å². The van der Waals surface area contributed by atoms with Crippen molar-refractivity contribution in [3.8, 4) is 0 Å². The summed E-state index contributed by atoms with van der Waals surface area (Å²) in [4.78, 5) is 11.7. The molecule has 0 saturated carbocycles. The van der Waals surface area contributed by atoms with Gasteiger partial charge in [0.2, 0.25) is 0 Å². The highest BCUT2D eigenvalue weighted by atomic mass is 32.2. The minimum absolute atomic E-state index is 0.00672. The summed E-state index contributed by atoms with van der Waals surface area (Å²) in [6, 6.07) is 1.09. The van der Waals surface area contributed by atoms with E-state index in [1.165, 1.54) is 0 Å². The van der Waals surface area contributed by atoms with Crippen molar-refractivity contribution in [2.24, 2.45) is 0 Å². The second kappa shape index (κ2) is 13.3. The van der Waals surface area contributed by atoms with Gasteiger partial charge in [0, 0.05) is 13.5 Å². The number of ether oxygens (including phenoxy) is 1. The number of unbranched alkanes of at least 4 members (excludes halogenated alkanes) is 8. The molecule has 0 aliphatic heterocycles. The minimum Gasteiger partial charge on any atom is -0.438 e. The Morgan fingerprint density at radius 3 is 1.58 bits per heavy atom. The molecule has 0 heterocycles. The molecule has 0 rings (SSSR count). The van der Waals surface area contributed by atoms with E-state index in [2.05, 4.69) is 17.8 Å². The van der Waals surface area contributed by atoms with E-state index in [9.17, 15) is 39.6 Å². The fourth-order valence-corrected chi connectivity index (χ4v) is 5.34. The monoisotopic (exact) mass is 532 g/mol. The molecule has 0 saturated heterocycles. The highest BCUT2D eigenvalue weighted by Gasteiger charge is 2.75. The Morgan fingerprint density at radius 2 is 1.21 bits per heavy atom. The third-order valence-corrected chi connectivity index (χ3v) is 8.74. The summed E-state index contributed by atoms with van der Waals surface area (Å²) in [5.74, 6) is -4.69. The van der Waals surface area contributed by atoms with Gasteiger partial charge in [-0.15, -0.1) is 0 Å². The van der Waals surface area contributed by atoms with Gasteiger partial charge >= 0.3 is 23.9 Å². The standard InChI is InChI=1S/C19H34F6O6SSi/c1-30-33(2,3)14-12-10-8-6-4-5-7-9-11-13-16(26)31-17(18(20,21)22,19(23,24)25)15-32(27,28)29/h4-15H2,1-3H3,(H,27,28,29). The Hall–Kier alpha value is -0.863. The predicted molar refractivity (Wildman–Crippen MR) is 113 cm³/mol. The highest BCUT2D eigenvalue weighted by Crippen LogP contribution is 2.47. The van der Waals surface area contributed by atoms with Crippen LogP contribution in [0.3, 0.4) is 0 Å². The van der Waals surface area contributed by atoms with Gasteiger partial charge in [-0.25, -0.2) is 0 Å². The van der Waals surface area contributed by atoms with Crippen LogP contribution in [-0.4, -0.2) is 58.1 Å². The van der Waals surface area contributed by atoms with Crippen LogP contribution in [0.25, 0.3) is 0 Å². The maximum atomic E-state index is 13.1. The number of carbonyl (C=O) groups excluding carboxylic acids is 1. The average molecular weight is 533 g/mol. The lowest BCUT2D eigenvalue weighted by atomic mass is 10.0. The fourth-order valence-electron chi connectivity index (χ4n) is 3.13. The fraction of sp³-hybridized carbons (Fsp3) is 0.947. The Kier molecular flexibility index (Phi) is 12.9. The number of alkyl halides is 6. The molecule has 6 nitrogen and oxygen atoms in total. The first-order valence-electron chi connectivity index (χ1n) is 10.7. The summed E-state index contributed by atoms with van der Waals surface area (Å²) >= 11 is 0. The topological polar surface area (TPSA) is 89.9 Å². The molecular formula is C19H34F6O6SSi. The summed E-state index contributed by atoms with van der Waals surface area (Å²) in [5.41, 5.74) is -5.33. The van der Waals surface area contributed by atoms with Crippen LogP contribution in [0.1, 0.15) is 64.2 Å². The zero-order chi connectivity index (χ0) is 26.0. The molecule has 0 bridgehead atoms. The molecule has 0 aromatic heterocycles. The van der Waals surface area contributed by atoms with E-state index in [-0.39, 0.29) is 6.42 Å². The second-order valence-corrected chi connectivity index (χ2v) is 14.5. The Labute approximate surface area is 192 Å². The van der Waals surface area contributed by atoms with Gasteiger partial charge in [-0.2, -0.15) is 34.8 Å². The van der Waals surface area contributed by atoms with E-state index in [0.717, 1.165) is 44.6 Å².